The largest absolute Gasteiger partial charge is 0.473 e. The molecule has 0 aromatic heterocycles. The monoisotopic (exact) mass is 474 g/mol. The van der Waals surface area contributed by atoms with Crippen molar-refractivity contribution in [3.63, 3.8) is 0 Å². The van der Waals surface area contributed by atoms with E-state index in [0.717, 1.165) is 37.9 Å². The fourth-order valence-corrected chi connectivity index (χ4v) is 5.11. The third-order valence-corrected chi connectivity index (χ3v) is 6.89. The van der Waals surface area contributed by atoms with Crippen LogP contribution in [0.2, 0.25) is 0 Å². The van der Waals surface area contributed by atoms with Gasteiger partial charge >= 0.3 is 11.9 Å². The summed E-state index contributed by atoms with van der Waals surface area (Å²) in [4.78, 5) is 38.4. The highest BCUT2D eigenvalue weighted by Crippen LogP contribution is 2.28. The lowest BCUT2D eigenvalue weighted by Crippen LogP contribution is -2.48. The number of likely N-dealkylation sites (tertiary alicyclic amines) is 2. The molecule has 3 N–H and O–H groups in total. The molecular weight excluding hydrogens is 436 g/mol. The zero-order chi connectivity index (χ0) is 24.3. The van der Waals surface area contributed by atoms with E-state index >= 15 is 0 Å². The Balaban J connectivity index is 0.000000481. The second-order valence-electron chi connectivity index (χ2n) is 9.33. The van der Waals surface area contributed by atoms with Gasteiger partial charge in [0, 0.05) is 32.2 Å². The summed E-state index contributed by atoms with van der Waals surface area (Å²) in [6.07, 6.45) is 10.3. The van der Waals surface area contributed by atoms with Crippen molar-refractivity contribution in [2.24, 2.45) is 0 Å². The van der Waals surface area contributed by atoms with Crippen LogP contribution in [0.4, 0.5) is 11.4 Å². The first-order valence-corrected chi connectivity index (χ1v) is 12.5. The minimum absolute atomic E-state index is 0.126. The summed E-state index contributed by atoms with van der Waals surface area (Å²) in [5.41, 5.74) is 2.15. The molecule has 3 aliphatic rings. The normalized spacial score (nSPS) is 20.2. The van der Waals surface area contributed by atoms with Crippen molar-refractivity contribution in [1.82, 2.24) is 9.80 Å². The SMILES string of the molecule is O=C(CN1CCC(N2CCCCC2)CC1)Nc1ccccc1N1CCCCC1.O=C(O)C(=O)O. The van der Waals surface area contributed by atoms with Gasteiger partial charge < -0.3 is 25.3 Å². The van der Waals surface area contributed by atoms with Crippen LogP contribution in [-0.2, 0) is 14.4 Å². The maximum Gasteiger partial charge on any atom is 0.414 e. The molecule has 0 atom stereocenters. The van der Waals surface area contributed by atoms with Crippen LogP contribution < -0.4 is 10.2 Å². The highest BCUT2D eigenvalue weighted by atomic mass is 16.4. The number of nitrogens with one attached hydrogen (secondary N) is 1. The third kappa shape index (κ3) is 7.99. The predicted octanol–water partition coefficient (Wildman–Crippen LogP) is 2.72. The minimum atomic E-state index is -1.82. The number of anilines is 2. The number of amides is 1. The second-order valence-corrected chi connectivity index (χ2v) is 9.33. The highest BCUT2D eigenvalue weighted by Gasteiger charge is 2.26. The van der Waals surface area contributed by atoms with E-state index < -0.39 is 11.9 Å². The van der Waals surface area contributed by atoms with Gasteiger partial charge in [0.15, 0.2) is 0 Å². The molecule has 0 spiro atoms. The van der Waals surface area contributed by atoms with Crippen LogP contribution in [0.25, 0.3) is 0 Å². The molecule has 4 rings (SSSR count). The Kier molecular flexibility index (Phi) is 10.2. The van der Waals surface area contributed by atoms with Gasteiger partial charge in [-0.15, -0.1) is 0 Å². The number of carbonyl (C=O) groups is 3. The maximum absolute atomic E-state index is 12.7. The summed E-state index contributed by atoms with van der Waals surface area (Å²) in [6.45, 7) is 7.34. The average molecular weight is 475 g/mol. The second kappa shape index (κ2) is 13.3. The summed E-state index contributed by atoms with van der Waals surface area (Å²) in [5, 5.41) is 18.0. The first-order chi connectivity index (χ1) is 16.4. The fraction of sp³-hybridized carbons (Fsp3) is 0.640. The number of aliphatic carboxylic acids is 2. The quantitative estimate of drug-likeness (QED) is 0.559. The lowest BCUT2D eigenvalue weighted by Gasteiger charge is -2.40. The molecule has 3 fully saturated rings. The van der Waals surface area contributed by atoms with Crippen molar-refractivity contribution in [2.75, 3.05) is 56.0 Å². The van der Waals surface area contributed by atoms with Crippen LogP contribution in [0.5, 0.6) is 0 Å². The summed E-state index contributed by atoms with van der Waals surface area (Å²) in [7, 11) is 0. The molecule has 188 valence electrons. The highest BCUT2D eigenvalue weighted by molar-refractivity contribution is 6.27. The Morgan fingerprint density at radius 1 is 0.794 bits per heavy atom. The molecule has 0 bridgehead atoms. The number of carboxylic acid groups (broad SMARTS) is 2. The topological polar surface area (TPSA) is 113 Å². The Hall–Kier alpha value is -2.65. The first kappa shape index (κ1) is 26.0. The lowest BCUT2D eigenvalue weighted by atomic mass is 10.00. The van der Waals surface area contributed by atoms with Gasteiger partial charge in [-0.3, -0.25) is 9.69 Å². The smallest absolute Gasteiger partial charge is 0.414 e. The van der Waals surface area contributed by atoms with Crippen LogP contribution in [0.3, 0.4) is 0 Å². The number of hydrogen-bond donors (Lipinski definition) is 3. The van der Waals surface area contributed by atoms with E-state index in [-0.39, 0.29) is 5.91 Å². The average Bonchev–Trinajstić information content (AvgIpc) is 2.86. The van der Waals surface area contributed by atoms with E-state index in [1.807, 2.05) is 12.1 Å². The standard InChI is InChI=1S/C23H36N4O.C2H2O4/c28-23(19-25-17-11-20(12-18-25)26-13-5-1-6-14-26)24-21-9-3-4-10-22(21)27-15-7-2-8-16-27;3-1(4)2(5)6/h3-4,9-10,20H,1-2,5-8,11-19H2,(H,24,28);(H,3,4)(H,5,6). The zero-order valence-corrected chi connectivity index (χ0v) is 20.0. The molecule has 0 radical (unpaired) electrons. The van der Waals surface area contributed by atoms with E-state index in [2.05, 4.69) is 32.1 Å². The fourth-order valence-electron chi connectivity index (χ4n) is 5.11. The molecule has 3 aliphatic heterocycles. The van der Waals surface area contributed by atoms with Gasteiger partial charge in [-0.25, -0.2) is 9.59 Å². The molecule has 0 saturated carbocycles. The van der Waals surface area contributed by atoms with Crippen molar-refractivity contribution in [3.05, 3.63) is 24.3 Å². The minimum Gasteiger partial charge on any atom is -0.473 e. The maximum atomic E-state index is 12.7. The van der Waals surface area contributed by atoms with Crippen LogP contribution in [0.1, 0.15) is 51.4 Å². The molecule has 3 heterocycles. The number of carboxylic acids is 2. The molecule has 9 heteroatoms. The van der Waals surface area contributed by atoms with Crippen molar-refractivity contribution in [1.29, 1.82) is 0 Å². The van der Waals surface area contributed by atoms with E-state index in [9.17, 15) is 4.79 Å². The molecule has 9 nitrogen and oxygen atoms in total. The molecular formula is C25H38N4O5. The predicted molar refractivity (Wildman–Crippen MR) is 131 cm³/mol. The van der Waals surface area contributed by atoms with Gasteiger partial charge in [0.1, 0.15) is 0 Å². The van der Waals surface area contributed by atoms with Gasteiger partial charge in [-0.1, -0.05) is 18.6 Å². The lowest BCUT2D eigenvalue weighted by molar-refractivity contribution is -0.159. The molecule has 1 aromatic rings. The Morgan fingerprint density at radius 2 is 1.35 bits per heavy atom. The number of nitrogens with zero attached hydrogens (tertiary/aromatic N) is 3. The van der Waals surface area contributed by atoms with Crippen molar-refractivity contribution < 1.29 is 24.6 Å². The molecule has 0 unspecified atom stereocenters. The van der Waals surface area contributed by atoms with E-state index in [1.54, 1.807) is 0 Å². The summed E-state index contributed by atoms with van der Waals surface area (Å²) >= 11 is 0. The molecule has 1 aromatic carbocycles. The number of rotatable bonds is 5. The number of piperidine rings is 3. The molecule has 0 aliphatic carbocycles. The van der Waals surface area contributed by atoms with E-state index in [4.69, 9.17) is 19.8 Å². The van der Waals surface area contributed by atoms with Gasteiger partial charge in [-0.05, 0) is 70.2 Å². The number of carbonyl (C=O) groups excluding carboxylic acids is 1. The van der Waals surface area contributed by atoms with Crippen molar-refractivity contribution in [3.8, 4) is 0 Å². The Morgan fingerprint density at radius 3 is 1.94 bits per heavy atom. The van der Waals surface area contributed by atoms with Crippen molar-refractivity contribution >= 4 is 29.2 Å². The Bertz CT molecular complexity index is 801. The van der Waals surface area contributed by atoms with E-state index in [1.165, 1.54) is 70.1 Å². The van der Waals surface area contributed by atoms with Crippen LogP contribution in [0, 0.1) is 0 Å². The van der Waals surface area contributed by atoms with Gasteiger partial charge in [0.05, 0.1) is 17.9 Å². The zero-order valence-electron chi connectivity index (χ0n) is 20.0. The molecule has 34 heavy (non-hydrogen) atoms. The van der Waals surface area contributed by atoms with E-state index in [0.29, 0.717) is 6.54 Å². The molecule has 3 saturated heterocycles. The van der Waals surface area contributed by atoms with Crippen LogP contribution in [0.15, 0.2) is 24.3 Å². The number of benzene rings is 1. The van der Waals surface area contributed by atoms with Crippen LogP contribution in [-0.4, -0.2) is 89.7 Å². The van der Waals surface area contributed by atoms with Crippen LogP contribution >= 0.6 is 0 Å². The summed E-state index contributed by atoms with van der Waals surface area (Å²) in [5.74, 6) is -3.52. The number of para-hydroxylation sites is 2. The number of hydrogen-bond acceptors (Lipinski definition) is 6. The van der Waals surface area contributed by atoms with Crippen molar-refractivity contribution in [2.45, 2.75) is 57.4 Å². The Labute approximate surface area is 201 Å². The van der Waals surface area contributed by atoms with Gasteiger partial charge in [-0.2, -0.15) is 0 Å². The van der Waals surface area contributed by atoms with Gasteiger partial charge in [0.2, 0.25) is 5.91 Å². The molecule has 1 amide bonds. The summed E-state index contributed by atoms with van der Waals surface area (Å²) < 4.78 is 0. The summed E-state index contributed by atoms with van der Waals surface area (Å²) in [6, 6.07) is 9.02. The van der Waals surface area contributed by atoms with Gasteiger partial charge in [0.25, 0.3) is 0 Å². The first-order valence-electron chi connectivity index (χ1n) is 12.5. The third-order valence-electron chi connectivity index (χ3n) is 6.89.